The zero-order valence-electron chi connectivity index (χ0n) is 17.7. The van der Waals surface area contributed by atoms with Gasteiger partial charge in [-0.05, 0) is 41.5 Å². The number of pyridine rings is 1. The third-order valence-corrected chi connectivity index (χ3v) is 5.27. The highest BCUT2D eigenvalue weighted by Crippen LogP contribution is 2.34. The lowest BCUT2D eigenvalue weighted by Gasteiger charge is -2.09. The molecule has 34 heavy (non-hydrogen) atoms. The minimum Gasteiger partial charge on any atom is -0.337 e. The number of nitro groups is 1. The number of para-hydroxylation sites is 2. The average molecular weight is 444 g/mol. The molecule has 8 heteroatoms. The molecule has 0 saturated heterocycles. The molecule has 5 rings (SSSR count). The number of H-pyrrole nitrogens is 1. The van der Waals surface area contributed by atoms with Crippen LogP contribution in [0.5, 0.6) is 0 Å². The summed E-state index contributed by atoms with van der Waals surface area (Å²) in [6, 6.07) is 27.1. The lowest BCUT2D eigenvalue weighted by molar-refractivity contribution is -0.384. The Bertz CT molecular complexity index is 1550. The van der Waals surface area contributed by atoms with E-state index in [1.807, 2.05) is 54.6 Å². The van der Waals surface area contributed by atoms with E-state index in [4.69, 9.17) is 0 Å². The van der Waals surface area contributed by atoms with E-state index in [-0.39, 0.29) is 17.1 Å². The zero-order chi connectivity index (χ0) is 23.5. The van der Waals surface area contributed by atoms with Crippen LogP contribution in [0.15, 0.2) is 89.9 Å². The van der Waals surface area contributed by atoms with Gasteiger partial charge in [0.15, 0.2) is 11.6 Å². The van der Waals surface area contributed by atoms with Crippen molar-refractivity contribution in [2.75, 3.05) is 0 Å². The number of benzene rings is 3. The molecule has 3 aromatic carbocycles. The van der Waals surface area contributed by atoms with Crippen LogP contribution in [0.4, 0.5) is 11.5 Å². The number of non-ortho nitro benzene ring substituents is 1. The van der Waals surface area contributed by atoms with Crippen LogP contribution in [0, 0.1) is 21.4 Å². The second-order valence-electron chi connectivity index (χ2n) is 7.44. The predicted molar refractivity (Wildman–Crippen MR) is 130 cm³/mol. The second-order valence-corrected chi connectivity index (χ2v) is 7.44. The third-order valence-electron chi connectivity index (χ3n) is 5.27. The first-order valence-corrected chi connectivity index (χ1v) is 10.4. The largest absolute Gasteiger partial charge is 0.337 e. The fourth-order valence-electron chi connectivity index (χ4n) is 3.60. The Kier molecular flexibility index (Phi) is 5.34. The molecule has 162 valence electrons. The molecule has 0 fully saturated rings. The van der Waals surface area contributed by atoms with Crippen molar-refractivity contribution in [3.63, 3.8) is 0 Å². The van der Waals surface area contributed by atoms with Crippen LogP contribution >= 0.6 is 0 Å². The summed E-state index contributed by atoms with van der Waals surface area (Å²) in [6.45, 7) is 0. The van der Waals surface area contributed by atoms with Crippen molar-refractivity contribution in [1.82, 2.24) is 15.0 Å². The number of nitrogens with zero attached hydrogens (tertiary/aromatic N) is 5. The van der Waals surface area contributed by atoms with Crippen molar-refractivity contribution >= 4 is 28.8 Å². The van der Waals surface area contributed by atoms with E-state index in [0.29, 0.717) is 22.6 Å². The van der Waals surface area contributed by atoms with E-state index in [1.54, 1.807) is 24.4 Å². The summed E-state index contributed by atoms with van der Waals surface area (Å²) in [5.41, 5.74) is 4.44. The first kappa shape index (κ1) is 20.7. The molecular formula is C26H16N6O2. The summed E-state index contributed by atoms with van der Waals surface area (Å²) in [5, 5.41) is 21.1. The molecule has 5 aromatic rings. The second kappa shape index (κ2) is 8.76. The van der Waals surface area contributed by atoms with E-state index in [9.17, 15) is 15.4 Å². The van der Waals surface area contributed by atoms with E-state index in [0.717, 1.165) is 16.6 Å². The monoisotopic (exact) mass is 444 g/mol. The van der Waals surface area contributed by atoms with Gasteiger partial charge in [-0.3, -0.25) is 10.1 Å². The molecule has 0 spiro atoms. The number of aromatic nitrogens is 3. The summed E-state index contributed by atoms with van der Waals surface area (Å²) in [7, 11) is 0. The Morgan fingerprint density at radius 2 is 1.71 bits per heavy atom. The van der Waals surface area contributed by atoms with Crippen molar-refractivity contribution < 1.29 is 4.92 Å². The molecule has 1 N–H and O–H groups in total. The Hall–Kier alpha value is -5.16. The zero-order valence-corrected chi connectivity index (χ0v) is 17.7. The van der Waals surface area contributed by atoms with E-state index in [2.05, 4.69) is 26.0 Å². The molecule has 0 amide bonds. The van der Waals surface area contributed by atoms with Gasteiger partial charge in [-0.2, -0.15) is 5.26 Å². The molecule has 0 aliphatic heterocycles. The molecule has 2 aromatic heterocycles. The number of hydrogen-bond acceptors (Lipinski definition) is 6. The number of imidazole rings is 1. The van der Waals surface area contributed by atoms with Crippen molar-refractivity contribution in [3.8, 4) is 28.7 Å². The number of rotatable bonds is 5. The maximum Gasteiger partial charge on any atom is 0.269 e. The number of nitro benzene ring substituents is 1. The van der Waals surface area contributed by atoms with Crippen molar-refractivity contribution in [3.05, 3.63) is 106 Å². The van der Waals surface area contributed by atoms with Gasteiger partial charge in [-0.1, -0.05) is 42.5 Å². The van der Waals surface area contributed by atoms with Gasteiger partial charge >= 0.3 is 0 Å². The Morgan fingerprint density at radius 1 is 0.971 bits per heavy atom. The number of nitriles is 1. The van der Waals surface area contributed by atoms with Crippen LogP contribution in [-0.4, -0.2) is 26.1 Å². The number of fused-ring (bicyclic) bond motifs is 1. The van der Waals surface area contributed by atoms with Gasteiger partial charge in [0.1, 0.15) is 17.3 Å². The summed E-state index contributed by atoms with van der Waals surface area (Å²) < 4.78 is 0. The van der Waals surface area contributed by atoms with Crippen LogP contribution in [0.1, 0.15) is 11.1 Å². The molecule has 8 nitrogen and oxygen atoms in total. The van der Waals surface area contributed by atoms with Crippen LogP contribution in [0.3, 0.4) is 0 Å². The van der Waals surface area contributed by atoms with E-state index >= 15 is 0 Å². The smallest absolute Gasteiger partial charge is 0.269 e. The molecule has 0 unspecified atom stereocenters. The number of hydrogen-bond donors (Lipinski definition) is 1. The highest BCUT2D eigenvalue weighted by Gasteiger charge is 2.17. The number of aliphatic imine (C=N–C) groups is 1. The van der Waals surface area contributed by atoms with Gasteiger partial charge in [0.2, 0.25) is 0 Å². The Balaban J connectivity index is 1.70. The highest BCUT2D eigenvalue weighted by atomic mass is 16.6. The molecule has 0 aliphatic rings. The van der Waals surface area contributed by atoms with Crippen LogP contribution in [0.25, 0.3) is 33.7 Å². The fourth-order valence-corrected chi connectivity index (χ4v) is 3.60. The highest BCUT2D eigenvalue weighted by molar-refractivity contribution is 5.86. The van der Waals surface area contributed by atoms with Crippen molar-refractivity contribution in [2.24, 2.45) is 4.99 Å². The quantitative estimate of drug-likeness (QED) is 0.208. The van der Waals surface area contributed by atoms with Gasteiger partial charge in [0.05, 0.1) is 16.0 Å². The predicted octanol–water partition coefficient (Wildman–Crippen LogP) is 5.82. The standard InChI is InChI=1S/C26H16N6O2/c27-15-21-20(18-10-12-19(13-11-18)32(33)34)14-24(26-29-22-8-4-5-9-23(22)30-26)31-25(21)28-16-17-6-2-1-3-7-17/h1-14,16H,(H,29,30)/b28-16+. The summed E-state index contributed by atoms with van der Waals surface area (Å²) in [4.78, 5) is 27.6. The van der Waals surface area contributed by atoms with Gasteiger partial charge in [0, 0.05) is 23.9 Å². The van der Waals surface area contributed by atoms with Crippen LogP contribution in [-0.2, 0) is 0 Å². The molecule has 2 heterocycles. The summed E-state index contributed by atoms with van der Waals surface area (Å²) in [5.74, 6) is 0.766. The average Bonchev–Trinajstić information content (AvgIpc) is 3.32. The number of aromatic amines is 1. The Labute approximate surface area is 194 Å². The lowest BCUT2D eigenvalue weighted by atomic mass is 9.99. The molecule has 0 aliphatic carbocycles. The van der Waals surface area contributed by atoms with Gasteiger partial charge in [-0.15, -0.1) is 0 Å². The minimum atomic E-state index is -0.461. The molecule has 0 atom stereocenters. The lowest BCUT2D eigenvalue weighted by Crippen LogP contribution is -1.95. The maximum absolute atomic E-state index is 11.1. The maximum atomic E-state index is 11.1. The molecule has 0 radical (unpaired) electrons. The first-order valence-electron chi connectivity index (χ1n) is 10.4. The van der Waals surface area contributed by atoms with Crippen molar-refractivity contribution in [2.45, 2.75) is 0 Å². The molecular weight excluding hydrogens is 428 g/mol. The first-order chi connectivity index (χ1) is 16.6. The topological polar surface area (TPSA) is 121 Å². The third kappa shape index (κ3) is 4.01. The van der Waals surface area contributed by atoms with Crippen molar-refractivity contribution in [1.29, 1.82) is 5.26 Å². The molecule has 0 bridgehead atoms. The van der Waals surface area contributed by atoms with E-state index < -0.39 is 4.92 Å². The number of nitrogens with one attached hydrogen (secondary N) is 1. The molecule has 0 saturated carbocycles. The minimum absolute atomic E-state index is 0.0313. The van der Waals surface area contributed by atoms with Crippen LogP contribution in [0.2, 0.25) is 0 Å². The Morgan fingerprint density at radius 3 is 2.41 bits per heavy atom. The fraction of sp³-hybridized carbons (Fsp3) is 0. The van der Waals surface area contributed by atoms with Gasteiger partial charge in [-0.25, -0.2) is 15.0 Å². The normalized spacial score (nSPS) is 11.0. The summed E-state index contributed by atoms with van der Waals surface area (Å²) >= 11 is 0. The summed E-state index contributed by atoms with van der Waals surface area (Å²) in [6.07, 6.45) is 1.64. The SMILES string of the molecule is N#Cc1c(-c2ccc([N+](=O)[O-])cc2)cc(-c2nc3ccccc3[nH]2)nc1/N=C/c1ccccc1. The van der Waals surface area contributed by atoms with Gasteiger partial charge < -0.3 is 4.98 Å². The van der Waals surface area contributed by atoms with E-state index in [1.165, 1.54) is 12.1 Å². The van der Waals surface area contributed by atoms with Crippen LogP contribution < -0.4 is 0 Å². The van der Waals surface area contributed by atoms with Gasteiger partial charge in [0.25, 0.3) is 5.69 Å².